The number of methoxy groups -OCH3 is 1. The number of rotatable bonds is 2. The lowest BCUT2D eigenvalue weighted by Crippen LogP contribution is -2.25. The van der Waals surface area contributed by atoms with Gasteiger partial charge in [-0.25, -0.2) is 8.78 Å². The Morgan fingerprint density at radius 1 is 1.69 bits per heavy atom. The number of nitrogens with one attached hydrogen (secondary N) is 1. The van der Waals surface area contributed by atoms with Crippen LogP contribution in [0.3, 0.4) is 0 Å². The first-order chi connectivity index (χ1) is 5.53. The normalized spacial score (nSPS) is 25.0. The summed E-state index contributed by atoms with van der Waals surface area (Å²) in [4.78, 5) is 10.7. The number of carbonyl (C=O) groups excluding carboxylic acids is 1. The van der Waals surface area contributed by atoms with Crippen LogP contribution in [-0.4, -0.2) is 31.6 Å². The minimum Gasteiger partial charge on any atom is -0.469 e. The Morgan fingerprint density at radius 2 is 2.31 bits per heavy atom. The second-order valence-electron chi connectivity index (χ2n) is 2.92. The van der Waals surface area contributed by atoms with Gasteiger partial charge in [-0.15, -0.1) is 12.4 Å². The van der Waals surface area contributed by atoms with E-state index < -0.39 is 17.9 Å². The highest BCUT2D eigenvalue weighted by Crippen LogP contribution is 2.26. The molecule has 78 valence electrons. The lowest BCUT2D eigenvalue weighted by Gasteiger charge is -2.07. The van der Waals surface area contributed by atoms with Crippen molar-refractivity contribution in [3.05, 3.63) is 0 Å². The van der Waals surface area contributed by atoms with Crippen LogP contribution in [-0.2, 0) is 9.53 Å². The molecule has 0 aromatic heterocycles. The van der Waals surface area contributed by atoms with E-state index in [1.807, 2.05) is 0 Å². The van der Waals surface area contributed by atoms with Crippen LogP contribution in [0.25, 0.3) is 0 Å². The van der Waals surface area contributed by atoms with Gasteiger partial charge in [0.1, 0.15) is 0 Å². The maximum absolute atomic E-state index is 12.5. The highest BCUT2D eigenvalue weighted by atomic mass is 35.5. The molecule has 0 aromatic carbocycles. The highest BCUT2D eigenvalue weighted by molar-refractivity contribution is 5.85. The molecular formula is C7H12ClF2NO2. The van der Waals surface area contributed by atoms with E-state index in [2.05, 4.69) is 10.1 Å². The zero-order valence-electron chi connectivity index (χ0n) is 7.18. The predicted molar refractivity (Wildman–Crippen MR) is 45.2 cm³/mol. The molecule has 6 heteroatoms. The number of ether oxygens (including phenoxy) is 1. The molecule has 1 atom stereocenters. The zero-order valence-corrected chi connectivity index (χ0v) is 8.00. The summed E-state index contributed by atoms with van der Waals surface area (Å²) in [7, 11) is 1.25. The van der Waals surface area contributed by atoms with Crippen molar-refractivity contribution in [3.63, 3.8) is 0 Å². The van der Waals surface area contributed by atoms with Gasteiger partial charge < -0.3 is 10.1 Å². The van der Waals surface area contributed by atoms with Gasteiger partial charge in [-0.1, -0.05) is 0 Å². The Labute approximate surface area is 81.2 Å². The molecule has 1 saturated heterocycles. The second kappa shape index (κ2) is 4.72. The van der Waals surface area contributed by atoms with E-state index in [1.54, 1.807) is 0 Å². The quantitative estimate of drug-likeness (QED) is 0.698. The third-order valence-electron chi connectivity index (χ3n) is 1.84. The minimum atomic E-state index is -2.67. The zero-order chi connectivity index (χ0) is 9.19. The Kier molecular flexibility index (Phi) is 4.56. The van der Waals surface area contributed by atoms with Gasteiger partial charge in [0, 0.05) is 12.5 Å². The smallest absolute Gasteiger partial charge is 0.307 e. The molecular weight excluding hydrogens is 204 g/mol. The van der Waals surface area contributed by atoms with E-state index in [-0.39, 0.29) is 31.8 Å². The summed E-state index contributed by atoms with van der Waals surface area (Å²) < 4.78 is 29.4. The summed E-state index contributed by atoms with van der Waals surface area (Å²) in [5.74, 6) is -3.12. The molecule has 3 nitrogen and oxygen atoms in total. The van der Waals surface area contributed by atoms with Crippen LogP contribution in [0, 0.1) is 0 Å². The summed E-state index contributed by atoms with van der Waals surface area (Å²) >= 11 is 0. The van der Waals surface area contributed by atoms with Gasteiger partial charge in [0.2, 0.25) is 0 Å². The van der Waals surface area contributed by atoms with Crippen LogP contribution < -0.4 is 5.32 Å². The predicted octanol–water partition coefficient (Wildman–Crippen LogP) is 0.968. The van der Waals surface area contributed by atoms with Crippen molar-refractivity contribution in [2.45, 2.75) is 24.8 Å². The fraction of sp³-hybridized carbons (Fsp3) is 0.857. The molecule has 0 aliphatic carbocycles. The molecule has 1 heterocycles. The van der Waals surface area contributed by atoms with Crippen LogP contribution in [0.5, 0.6) is 0 Å². The average Bonchev–Trinajstić information content (AvgIpc) is 2.30. The highest BCUT2D eigenvalue weighted by Gasteiger charge is 2.39. The van der Waals surface area contributed by atoms with Crippen molar-refractivity contribution < 1.29 is 18.3 Å². The molecule has 1 fully saturated rings. The lowest BCUT2D eigenvalue weighted by atomic mass is 10.1. The SMILES string of the molecule is COC(=O)C[C@H]1CC(F)(F)CN1.Cl. The van der Waals surface area contributed by atoms with Crippen LogP contribution in [0.15, 0.2) is 0 Å². The monoisotopic (exact) mass is 215 g/mol. The lowest BCUT2D eigenvalue weighted by molar-refractivity contribution is -0.141. The molecule has 0 bridgehead atoms. The number of alkyl halides is 2. The Balaban J connectivity index is 0.00000144. The summed E-state index contributed by atoms with van der Waals surface area (Å²) in [5.41, 5.74) is 0. The van der Waals surface area contributed by atoms with Gasteiger partial charge >= 0.3 is 5.97 Å². The molecule has 0 spiro atoms. The summed E-state index contributed by atoms with van der Waals surface area (Å²) in [5, 5.41) is 2.56. The molecule has 0 aromatic rings. The fourth-order valence-corrected chi connectivity index (χ4v) is 1.23. The third-order valence-corrected chi connectivity index (χ3v) is 1.84. The summed E-state index contributed by atoms with van der Waals surface area (Å²) in [6, 6.07) is -0.438. The molecule has 0 amide bonds. The van der Waals surface area contributed by atoms with E-state index in [1.165, 1.54) is 7.11 Å². The van der Waals surface area contributed by atoms with E-state index in [0.717, 1.165) is 0 Å². The van der Waals surface area contributed by atoms with Crippen molar-refractivity contribution in [3.8, 4) is 0 Å². The fourth-order valence-electron chi connectivity index (χ4n) is 1.23. The Bertz CT molecular complexity index is 189. The number of hydrogen-bond acceptors (Lipinski definition) is 3. The first kappa shape index (κ1) is 12.6. The maximum atomic E-state index is 12.5. The van der Waals surface area contributed by atoms with Gasteiger partial charge in [-0.2, -0.15) is 0 Å². The topological polar surface area (TPSA) is 38.3 Å². The van der Waals surface area contributed by atoms with Gasteiger partial charge in [0.15, 0.2) is 0 Å². The van der Waals surface area contributed by atoms with Crippen LogP contribution in [0.4, 0.5) is 8.78 Å². The number of halogens is 3. The standard InChI is InChI=1S/C7H11F2NO2.ClH/c1-12-6(11)2-5-3-7(8,9)4-10-5;/h5,10H,2-4H2,1H3;1H/t5-;/m0./s1. The van der Waals surface area contributed by atoms with Gasteiger partial charge in [0.25, 0.3) is 5.92 Å². The number of hydrogen-bond donors (Lipinski definition) is 1. The molecule has 1 rings (SSSR count). The van der Waals surface area contributed by atoms with Gasteiger partial charge in [-0.05, 0) is 0 Å². The van der Waals surface area contributed by atoms with E-state index in [9.17, 15) is 13.6 Å². The minimum absolute atomic E-state index is 0. The molecule has 0 radical (unpaired) electrons. The molecule has 0 unspecified atom stereocenters. The first-order valence-electron chi connectivity index (χ1n) is 3.71. The van der Waals surface area contributed by atoms with Crippen molar-refractivity contribution in [1.29, 1.82) is 0 Å². The van der Waals surface area contributed by atoms with Gasteiger partial charge in [-0.3, -0.25) is 4.79 Å². The van der Waals surface area contributed by atoms with Crippen LogP contribution in [0.1, 0.15) is 12.8 Å². The second-order valence-corrected chi connectivity index (χ2v) is 2.92. The van der Waals surface area contributed by atoms with Crippen LogP contribution >= 0.6 is 12.4 Å². The number of esters is 1. The van der Waals surface area contributed by atoms with E-state index in [0.29, 0.717) is 0 Å². The molecule has 1 aliphatic rings. The van der Waals surface area contributed by atoms with Crippen LogP contribution in [0.2, 0.25) is 0 Å². The molecule has 1 N–H and O–H groups in total. The van der Waals surface area contributed by atoms with Gasteiger partial charge in [0.05, 0.1) is 20.1 Å². The first-order valence-corrected chi connectivity index (χ1v) is 3.71. The van der Waals surface area contributed by atoms with Crippen molar-refractivity contribution >= 4 is 18.4 Å². The van der Waals surface area contributed by atoms with E-state index >= 15 is 0 Å². The molecule has 0 saturated carbocycles. The summed E-state index contributed by atoms with van der Waals surface area (Å²) in [6.45, 7) is -0.339. The molecule has 13 heavy (non-hydrogen) atoms. The maximum Gasteiger partial charge on any atom is 0.307 e. The average molecular weight is 216 g/mol. The van der Waals surface area contributed by atoms with Crippen molar-refractivity contribution in [2.75, 3.05) is 13.7 Å². The Hall–Kier alpha value is -0.420. The third kappa shape index (κ3) is 3.87. The van der Waals surface area contributed by atoms with Crippen molar-refractivity contribution in [2.24, 2.45) is 0 Å². The van der Waals surface area contributed by atoms with Crippen molar-refractivity contribution in [1.82, 2.24) is 5.32 Å². The number of carbonyl (C=O) groups is 1. The summed E-state index contributed by atoms with van der Waals surface area (Å²) in [6.07, 6.45) is -0.256. The Morgan fingerprint density at radius 3 is 2.69 bits per heavy atom. The van der Waals surface area contributed by atoms with E-state index in [4.69, 9.17) is 0 Å². The molecule has 1 aliphatic heterocycles. The largest absolute Gasteiger partial charge is 0.469 e.